The van der Waals surface area contributed by atoms with E-state index >= 15 is 0 Å². The molecule has 2 heterocycles. The maximum absolute atomic E-state index is 14.3. The summed E-state index contributed by atoms with van der Waals surface area (Å²) >= 11 is 2.86. The van der Waals surface area contributed by atoms with Gasteiger partial charge in [-0.2, -0.15) is 0 Å². The number of halogens is 3. The van der Waals surface area contributed by atoms with Gasteiger partial charge in [-0.15, -0.1) is 0 Å². The topological polar surface area (TPSA) is 54.3 Å². The minimum atomic E-state index is -4.29. The van der Waals surface area contributed by atoms with E-state index in [4.69, 9.17) is 0 Å². The molecule has 1 saturated heterocycles. The van der Waals surface area contributed by atoms with Gasteiger partial charge in [-0.3, -0.25) is 0 Å². The largest absolute Gasteiger partial charge is 0.368 e. The maximum atomic E-state index is 14.3. The summed E-state index contributed by atoms with van der Waals surface area (Å²) in [5.74, 6) is -1.85. The zero-order valence-corrected chi connectivity index (χ0v) is 16.5. The van der Waals surface area contributed by atoms with Crippen molar-refractivity contribution >= 4 is 42.5 Å². The Morgan fingerprint density at radius 2 is 1.78 bits per heavy atom. The van der Waals surface area contributed by atoms with Gasteiger partial charge in [-0.25, -0.2) is 21.2 Å². The molecule has 1 aliphatic heterocycles. The second-order valence-corrected chi connectivity index (χ2v) is 8.90. The van der Waals surface area contributed by atoms with Gasteiger partial charge in [0.25, 0.3) is 10.0 Å². The predicted molar refractivity (Wildman–Crippen MR) is 104 cm³/mol. The van der Waals surface area contributed by atoms with Crippen LogP contribution >= 0.6 is 15.9 Å². The van der Waals surface area contributed by atoms with Gasteiger partial charge < -0.3 is 10.2 Å². The minimum Gasteiger partial charge on any atom is -0.368 e. The first kappa shape index (κ1) is 18.4. The molecule has 1 N–H and O–H groups in total. The van der Waals surface area contributed by atoms with Gasteiger partial charge in [0.05, 0.1) is 9.99 Å². The van der Waals surface area contributed by atoms with Crippen LogP contribution in [0.5, 0.6) is 0 Å². The van der Waals surface area contributed by atoms with Crippen molar-refractivity contribution < 1.29 is 17.2 Å². The summed E-state index contributed by atoms with van der Waals surface area (Å²) in [6, 6.07) is 8.57. The van der Waals surface area contributed by atoms with Crippen molar-refractivity contribution in [2.24, 2.45) is 0 Å². The van der Waals surface area contributed by atoms with E-state index in [1.807, 2.05) is 6.07 Å². The first-order valence-corrected chi connectivity index (χ1v) is 10.6. The summed E-state index contributed by atoms with van der Waals surface area (Å²) in [6.45, 7) is 3.31. The Kier molecular flexibility index (Phi) is 4.69. The number of nitrogens with one attached hydrogen (secondary N) is 1. The first-order valence-electron chi connectivity index (χ1n) is 8.35. The molecule has 0 amide bonds. The Morgan fingerprint density at radius 1 is 1.04 bits per heavy atom. The molecule has 4 rings (SSSR count). The van der Waals surface area contributed by atoms with E-state index < -0.39 is 26.6 Å². The number of nitrogens with zero attached hydrogens (tertiary/aromatic N) is 2. The van der Waals surface area contributed by atoms with Crippen LogP contribution in [0, 0.1) is 11.6 Å². The first-order chi connectivity index (χ1) is 12.9. The molecule has 0 spiro atoms. The number of fused-ring (bicyclic) bond motifs is 1. The highest BCUT2D eigenvalue weighted by Crippen LogP contribution is 2.32. The lowest BCUT2D eigenvalue weighted by molar-refractivity contribution is 0.547. The summed E-state index contributed by atoms with van der Waals surface area (Å²) in [6.07, 6.45) is 1.38. The van der Waals surface area contributed by atoms with Gasteiger partial charge in [-0.1, -0.05) is 6.07 Å². The van der Waals surface area contributed by atoms with Gasteiger partial charge in [0.2, 0.25) is 0 Å². The monoisotopic (exact) mass is 455 g/mol. The van der Waals surface area contributed by atoms with Crippen LogP contribution in [0.4, 0.5) is 14.5 Å². The van der Waals surface area contributed by atoms with Crippen LogP contribution in [-0.2, 0) is 10.0 Å². The lowest BCUT2D eigenvalue weighted by Crippen LogP contribution is -2.43. The highest BCUT2D eigenvalue weighted by molar-refractivity contribution is 9.10. The summed E-state index contributed by atoms with van der Waals surface area (Å²) in [4.78, 5) is 1.48. The molecule has 0 radical (unpaired) electrons. The van der Waals surface area contributed by atoms with Gasteiger partial charge in [-0.05, 0) is 46.3 Å². The van der Waals surface area contributed by atoms with Gasteiger partial charge in [0, 0.05) is 43.4 Å². The Labute approximate surface area is 163 Å². The number of rotatable bonds is 3. The SMILES string of the molecule is O=S(=O)(c1cc(F)c(Br)cc1F)n1ccc2c(N3CCNCC3)cccc21. The van der Waals surface area contributed by atoms with E-state index in [9.17, 15) is 17.2 Å². The highest BCUT2D eigenvalue weighted by Gasteiger charge is 2.26. The fourth-order valence-corrected chi connectivity index (χ4v) is 5.05. The Hall–Kier alpha value is -1.97. The van der Waals surface area contributed by atoms with Crippen molar-refractivity contribution in [3.05, 3.63) is 58.7 Å². The Bertz CT molecular complexity index is 1130. The fraction of sp³-hybridized carbons (Fsp3) is 0.222. The van der Waals surface area contributed by atoms with Gasteiger partial charge >= 0.3 is 0 Å². The smallest absolute Gasteiger partial charge is 0.271 e. The molecular formula is C18H16BrF2N3O2S. The van der Waals surface area contributed by atoms with Crippen LogP contribution in [0.2, 0.25) is 0 Å². The van der Waals surface area contributed by atoms with E-state index in [2.05, 4.69) is 26.1 Å². The third kappa shape index (κ3) is 3.13. The molecule has 0 aliphatic carbocycles. The molecule has 27 heavy (non-hydrogen) atoms. The molecule has 5 nitrogen and oxygen atoms in total. The lowest BCUT2D eigenvalue weighted by Gasteiger charge is -2.30. The fourth-order valence-electron chi connectivity index (χ4n) is 3.33. The molecule has 1 aromatic heterocycles. The van der Waals surface area contributed by atoms with Crippen LogP contribution in [0.15, 0.2) is 52.0 Å². The van der Waals surface area contributed by atoms with Crippen LogP contribution in [-0.4, -0.2) is 38.6 Å². The lowest BCUT2D eigenvalue weighted by atomic mass is 10.2. The molecule has 1 aliphatic rings. The highest BCUT2D eigenvalue weighted by atomic mass is 79.9. The summed E-state index contributed by atoms with van der Waals surface area (Å²) in [5.41, 5.74) is 1.35. The quantitative estimate of drug-likeness (QED) is 0.615. The molecule has 0 unspecified atom stereocenters. The number of anilines is 1. The van der Waals surface area contributed by atoms with Gasteiger partial charge in [0.1, 0.15) is 16.5 Å². The Morgan fingerprint density at radius 3 is 2.52 bits per heavy atom. The van der Waals surface area contributed by atoms with E-state index in [1.165, 1.54) is 6.20 Å². The molecule has 0 saturated carbocycles. The summed E-state index contributed by atoms with van der Waals surface area (Å²) < 4.78 is 55.0. The van der Waals surface area contributed by atoms with Crippen LogP contribution in [0.3, 0.4) is 0 Å². The normalized spacial score (nSPS) is 15.4. The second kappa shape index (κ2) is 6.88. The van der Waals surface area contributed by atoms with E-state index in [-0.39, 0.29) is 4.47 Å². The van der Waals surface area contributed by atoms with Crippen molar-refractivity contribution in [1.82, 2.24) is 9.29 Å². The van der Waals surface area contributed by atoms with Crippen molar-refractivity contribution in [3.8, 4) is 0 Å². The minimum absolute atomic E-state index is 0.127. The zero-order chi connectivity index (χ0) is 19.2. The molecule has 0 atom stereocenters. The molecule has 142 valence electrons. The summed E-state index contributed by atoms with van der Waals surface area (Å²) in [5, 5.41) is 4.03. The summed E-state index contributed by atoms with van der Waals surface area (Å²) in [7, 11) is -4.29. The molecule has 1 fully saturated rings. The van der Waals surface area contributed by atoms with Crippen LogP contribution < -0.4 is 10.2 Å². The standard InChI is InChI=1S/C18H16BrF2N3O2S/c19-13-10-15(21)18(11-14(13)20)27(25,26)24-7-4-12-16(2-1-3-17(12)24)23-8-5-22-6-9-23/h1-4,7,10-11,22H,5-6,8-9H2. The molecule has 9 heteroatoms. The van der Waals surface area contributed by atoms with Crippen LogP contribution in [0.25, 0.3) is 10.9 Å². The average molecular weight is 456 g/mol. The molecule has 3 aromatic rings. The van der Waals surface area contributed by atoms with E-state index in [1.54, 1.807) is 18.2 Å². The number of hydrogen-bond donors (Lipinski definition) is 1. The third-order valence-corrected chi connectivity index (χ3v) is 6.96. The van der Waals surface area contributed by atoms with E-state index in [0.717, 1.165) is 47.3 Å². The second-order valence-electron chi connectivity index (χ2n) is 6.26. The van der Waals surface area contributed by atoms with Crippen molar-refractivity contribution in [2.75, 3.05) is 31.1 Å². The number of hydrogen-bond acceptors (Lipinski definition) is 4. The molecule has 2 aromatic carbocycles. The van der Waals surface area contributed by atoms with Crippen molar-refractivity contribution in [3.63, 3.8) is 0 Å². The zero-order valence-electron chi connectivity index (χ0n) is 14.1. The molecule has 0 bridgehead atoms. The molecular weight excluding hydrogens is 440 g/mol. The Balaban J connectivity index is 1.86. The number of aromatic nitrogens is 1. The maximum Gasteiger partial charge on any atom is 0.271 e. The van der Waals surface area contributed by atoms with Crippen molar-refractivity contribution in [2.45, 2.75) is 4.90 Å². The number of piperazine rings is 1. The third-order valence-electron chi connectivity index (χ3n) is 4.64. The van der Waals surface area contributed by atoms with Crippen molar-refractivity contribution in [1.29, 1.82) is 0 Å². The number of benzene rings is 2. The predicted octanol–water partition coefficient (Wildman–Crippen LogP) is 3.33. The van der Waals surface area contributed by atoms with E-state index in [0.29, 0.717) is 11.6 Å². The van der Waals surface area contributed by atoms with Gasteiger partial charge in [0.15, 0.2) is 0 Å². The van der Waals surface area contributed by atoms with Crippen LogP contribution in [0.1, 0.15) is 0 Å². The average Bonchev–Trinajstić information content (AvgIpc) is 3.10.